The van der Waals surface area contributed by atoms with Gasteiger partial charge in [0.15, 0.2) is 0 Å². The van der Waals surface area contributed by atoms with Crippen LogP contribution in [0.3, 0.4) is 0 Å². The molecule has 0 radical (unpaired) electrons. The van der Waals surface area contributed by atoms with E-state index in [4.69, 9.17) is 12.2 Å². The molecule has 0 unspecified atom stereocenters. The normalized spacial score (nSPS) is 30.0. The minimum Gasteiger partial charge on any atom is -0.352 e. The molecule has 1 aliphatic rings. The van der Waals surface area contributed by atoms with Crippen LogP contribution in [0.2, 0.25) is 0 Å². The molecule has 0 aromatic heterocycles. The van der Waals surface area contributed by atoms with Gasteiger partial charge in [0.25, 0.3) is 0 Å². The quantitative estimate of drug-likeness (QED) is 0.707. The van der Waals surface area contributed by atoms with Crippen molar-refractivity contribution < 1.29 is 4.79 Å². The highest BCUT2D eigenvalue weighted by Gasteiger charge is 2.60. The third kappa shape index (κ3) is 1.94. The largest absolute Gasteiger partial charge is 0.352 e. The van der Waals surface area contributed by atoms with Crippen molar-refractivity contribution >= 4 is 5.91 Å². The molecular weight excluding hydrogens is 200 g/mol. The van der Waals surface area contributed by atoms with Gasteiger partial charge in [-0.2, -0.15) is 0 Å². The Labute approximate surface area is 98.2 Å². The van der Waals surface area contributed by atoms with E-state index in [0.717, 1.165) is 0 Å². The Morgan fingerprint density at radius 1 is 1.38 bits per heavy atom. The Morgan fingerprint density at radius 3 is 2.31 bits per heavy atom. The molecule has 0 aromatic carbocycles. The maximum absolute atomic E-state index is 11.6. The summed E-state index contributed by atoms with van der Waals surface area (Å²) in [5.41, 5.74) is 6.02. The summed E-state index contributed by atoms with van der Waals surface area (Å²) in [6.07, 6.45) is 6.02. The number of carbonyl (C=O) groups is 1. The van der Waals surface area contributed by atoms with Crippen molar-refractivity contribution in [3.05, 3.63) is 0 Å². The zero-order valence-electron chi connectivity index (χ0n) is 10.6. The van der Waals surface area contributed by atoms with E-state index in [1.165, 1.54) is 0 Å². The van der Waals surface area contributed by atoms with E-state index in [1.807, 2.05) is 0 Å². The fraction of sp³-hybridized carbons (Fsp3) is 0.769. The molecule has 1 rings (SSSR count). The van der Waals surface area contributed by atoms with Crippen molar-refractivity contribution in [3.8, 4) is 12.3 Å². The minimum atomic E-state index is -0.0463. The molecule has 0 bridgehead atoms. The number of hydrogen-bond donors (Lipinski definition) is 2. The molecule has 0 spiro atoms. The van der Waals surface area contributed by atoms with Gasteiger partial charge in [0.2, 0.25) is 5.91 Å². The first-order valence-electron chi connectivity index (χ1n) is 5.73. The molecule has 3 nitrogen and oxygen atoms in total. The lowest BCUT2D eigenvalue weighted by molar-refractivity contribution is -0.132. The molecular formula is C13H22N2O. The number of terminal acetylenes is 1. The first kappa shape index (κ1) is 13.1. The molecule has 0 heterocycles. The lowest BCUT2D eigenvalue weighted by atomic mass is 9.48. The first-order chi connectivity index (χ1) is 7.24. The highest BCUT2D eigenvalue weighted by molar-refractivity contribution is 5.77. The Kier molecular flexibility index (Phi) is 3.35. The molecule has 1 fully saturated rings. The van der Waals surface area contributed by atoms with Crippen LogP contribution in [0.4, 0.5) is 0 Å². The summed E-state index contributed by atoms with van der Waals surface area (Å²) in [7, 11) is 0. The molecule has 0 atom stereocenters. The standard InChI is InChI=1S/C13H22N2O/c1-6-7-8-9(16)15-11-12(2,3)10(14)13(11,4)5/h1,10-11H,7-8,14H2,2-5H3,(H,15,16). The average Bonchev–Trinajstić information content (AvgIpc) is 2.21. The zero-order valence-corrected chi connectivity index (χ0v) is 10.6. The van der Waals surface area contributed by atoms with Crippen LogP contribution in [0.25, 0.3) is 0 Å². The average molecular weight is 222 g/mol. The van der Waals surface area contributed by atoms with E-state index in [1.54, 1.807) is 0 Å². The Morgan fingerprint density at radius 2 is 1.88 bits per heavy atom. The van der Waals surface area contributed by atoms with Crippen molar-refractivity contribution in [2.45, 2.75) is 52.6 Å². The van der Waals surface area contributed by atoms with Crippen LogP contribution in [-0.2, 0) is 4.79 Å². The van der Waals surface area contributed by atoms with Crippen molar-refractivity contribution in [3.63, 3.8) is 0 Å². The summed E-state index contributed by atoms with van der Waals surface area (Å²) in [6.45, 7) is 8.37. The fourth-order valence-electron chi connectivity index (χ4n) is 2.97. The van der Waals surface area contributed by atoms with Gasteiger partial charge in [-0.3, -0.25) is 4.79 Å². The minimum absolute atomic E-state index is 0.0241. The van der Waals surface area contributed by atoms with Gasteiger partial charge in [-0.05, 0) is 0 Å². The molecule has 16 heavy (non-hydrogen) atoms. The monoisotopic (exact) mass is 222 g/mol. The second-order valence-corrected chi connectivity index (χ2v) is 5.83. The predicted octanol–water partition coefficient (Wildman–Crippen LogP) is 1.28. The molecule has 1 saturated carbocycles. The van der Waals surface area contributed by atoms with E-state index in [0.29, 0.717) is 12.8 Å². The second-order valence-electron chi connectivity index (χ2n) is 5.83. The summed E-state index contributed by atoms with van der Waals surface area (Å²) in [5.74, 6) is 2.50. The smallest absolute Gasteiger partial charge is 0.221 e. The molecule has 90 valence electrons. The number of amides is 1. The van der Waals surface area contributed by atoms with Gasteiger partial charge >= 0.3 is 0 Å². The molecule has 0 aliphatic heterocycles. The number of rotatable bonds is 3. The third-order valence-corrected chi connectivity index (χ3v) is 3.89. The van der Waals surface area contributed by atoms with Crippen LogP contribution < -0.4 is 11.1 Å². The summed E-state index contributed by atoms with van der Waals surface area (Å²) in [4.78, 5) is 11.6. The van der Waals surface area contributed by atoms with Crippen LogP contribution in [0.15, 0.2) is 0 Å². The molecule has 0 saturated heterocycles. The van der Waals surface area contributed by atoms with Gasteiger partial charge in [-0.25, -0.2) is 0 Å². The summed E-state index contributed by atoms with van der Waals surface area (Å²) >= 11 is 0. The van der Waals surface area contributed by atoms with Gasteiger partial charge in [0.1, 0.15) is 0 Å². The highest BCUT2D eigenvalue weighted by atomic mass is 16.1. The van der Waals surface area contributed by atoms with Crippen LogP contribution in [0.1, 0.15) is 40.5 Å². The van der Waals surface area contributed by atoms with Gasteiger partial charge in [-0.15, -0.1) is 12.3 Å². The predicted molar refractivity (Wildman–Crippen MR) is 65.5 cm³/mol. The maximum Gasteiger partial charge on any atom is 0.221 e. The molecule has 1 amide bonds. The van der Waals surface area contributed by atoms with Gasteiger partial charge in [0, 0.05) is 35.8 Å². The van der Waals surface area contributed by atoms with Gasteiger partial charge < -0.3 is 11.1 Å². The van der Waals surface area contributed by atoms with Crippen LogP contribution in [0, 0.1) is 23.2 Å². The van der Waals surface area contributed by atoms with E-state index in [-0.39, 0.29) is 28.8 Å². The topological polar surface area (TPSA) is 55.1 Å². The van der Waals surface area contributed by atoms with Crippen LogP contribution in [0.5, 0.6) is 0 Å². The third-order valence-electron chi connectivity index (χ3n) is 3.89. The number of carbonyl (C=O) groups excluding carboxylic acids is 1. The summed E-state index contributed by atoms with van der Waals surface area (Å²) in [5, 5.41) is 3.05. The van der Waals surface area contributed by atoms with Gasteiger partial charge in [0.05, 0.1) is 0 Å². The molecule has 1 aliphatic carbocycles. The van der Waals surface area contributed by atoms with E-state index in [2.05, 4.69) is 38.9 Å². The van der Waals surface area contributed by atoms with Crippen molar-refractivity contribution in [2.75, 3.05) is 0 Å². The number of nitrogens with two attached hydrogens (primary N) is 1. The maximum atomic E-state index is 11.6. The Bertz CT molecular complexity index is 309. The Hall–Kier alpha value is -1.01. The lowest BCUT2D eigenvalue weighted by Gasteiger charge is -2.62. The highest BCUT2D eigenvalue weighted by Crippen LogP contribution is 2.52. The lowest BCUT2D eigenvalue weighted by Crippen LogP contribution is -2.76. The van der Waals surface area contributed by atoms with E-state index in [9.17, 15) is 4.79 Å². The molecule has 3 heteroatoms. The SMILES string of the molecule is C#CCCC(=O)NC1C(C)(C)C(N)C1(C)C. The van der Waals surface area contributed by atoms with E-state index >= 15 is 0 Å². The zero-order chi connectivity index (χ0) is 12.6. The number of nitrogens with one attached hydrogen (secondary N) is 1. The summed E-state index contributed by atoms with van der Waals surface area (Å²) in [6, 6.07) is 0.234. The van der Waals surface area contributed by atoms with Gasteiger partial charge in [-0.1, -0.05) is 27.7 Å². The van der Waals surface area contributed by atoms with Crippen molar-refractivity contribution in [2.24, 2.45) is 16.6 Å². The molecule has 3 N–H and O–H groups in total. The van der Waals surface area contributed by atoms with Crippen LogP contribution in [-0.4, -0.2) is 18.0 Å². The van der Waals surface area contributed by atoms with Crippen molar-refractivity contribution in [1.82, 2.24) is 5.32 Å². The van der Waals surface area contributed by atoms with E-state index < -0.39 is 0 Å². The van der Waals surface area contributed by atoms with Crippen LogP contribution >= 0.6 is 0 Å². The number of hydrogen-bond acceptors (Lipinski definition) is 2. The Balaban J connectivity index is 2.61. The first-order valence-corrected chi connectivity index (χ1v) is 5.73. The molecule has 0 aromatic rings. The van der Waals surface area contributed by atoms with Crippen molar-refractivity contribution in [1.29, 1.82) is 0 Å². The fourth-order valence-corrected chi connectivity index (χ4v) is 2.97. The second kappa shape index (κ2) is 4.10. The summed E-state index contributed by atoms with van der Waals surface area (Å²) < 4.78 is 0.